The first-order chi connectivity index (χ1) is 13.5. The SMILES string of the molecule is CC1(CN(CC2(C)CO2)C(=O)CCCC(=O)N(CC2(C)CO2)CC2(C)CO2)CO1. The maximum absolute atomic E-state index is 12.8. The molecule has 0 aliphatic carbocycles. The number of ether oxygens (including phenoxy) is 4. The molecular formula is C21H34N2O6. The lowest BCUT2D eigenvalue weighted by Gasteiger charge is -2.27. The van der Waals surface area contributed by atoms with Crippen LogP contribution in [-0.4, -0.2) is 96.6 Å². The summed E-state index contributed by atoms with van der Waals surface area (Å²) in [6.07, 6.45) is 1.25. The molecule has 0 N–H and O–H groups in total. The van der Waals surface area contributed by atoms with Crippen molar-refractivity contribution in [2.24, 2.45) is 0 Å². The molecule has 8 heteroatoms. The summed E-state index contributed by atoms with van der Waals surface area (Å²) >= 11 is 0. The van der Waals surface area contributed by atoms with Crippen LogP contribution in [0, 0.1) is 0 Å². The maximum atomic E-state index is 12.8. The molecule has 0 saturated carbocycles. The molecule has 0 spiro atoms. The van der Waals surface area contributed by atoms with Gasteiger partial charge < -0.3 is 28.7 Å². The molecule has 4 fully saturated rings. The van der Waals surface area contributed by atoms with E-state index in [1.807, 2.05) is 37.5 Å². The average molecular weight is 411 g/mol. The van der Waals surface area contributed by atoms with Gasteiger partial charge in [0.15, 0.2) is 0 Å². The fourth-order valence-electron chi connectivity index (χ4n) is 3.64. The van der Waals surface area contributed by atoms with Gasteiger partial charge in [0.25, 0.3) is 0 Å². The highest BCUT2D eigenvalue weighted by atomic mass is 16.6. The van der Waals surface area contributed by atoms with Gasteiger partial charge in [0.2, 0.25) is 11.8 Å². The molecule has 0 aromatic carbocycles. The normalized spacial score (nSPS) is 39.0. The Balaban J connectivity index is 1.26. The fraction of sp³-hybridized carbons (Fsp3) is 0.905. The Morgan fingerprint density at radius 2 is 0.862 bits per heavy atom. The van der Waals surface area contributed by atoms with E-state index in [0.717, 1.165) is 0 Å². The minimum atomic E-state index is -0.229. The summed E-state index contributed by atoms with van der Waals surface area (Å²) in [6, 6.07) is 0. The highest BCUT2D eigenvalue weighted by Crippen LogP contribution is 2.33. The standard InChI is InChI=1S/C21H34N2O6/c1-18(12-26-18)8-22(9-19(2)13-27-19)16(24)6-5-7-17(25)23(10-20(3)14-28-20)11-21(4)15-29-21/h5-15H2,1-4H3. The maximum Gasteiger partial charge on any atom is 0.222 e. The zero-order valence-corrected chi connectivity index (χ0v) is 18.1. The van der Waals surface area contributed by atoms with Crippen molar-refractivity contribution >= 4 is 11.8 Å². The van der Waals surface area contributed by atoms with E-state index in [4.69, 9.17) is 18.9 Å². The molecule has 164 valence electrons. The molecular weight excluding hydrogens is 376 g/mol. The van der Waals surface area contributed by atoms with Crippen LogP contribution in [0.3, 0.4) is 0 Å². The molecule has 0 radical (unpaired) electrons. The Kier molecular flexibility index (Phi) is 5.21. The fourth-order valence-corrected chi connectivity index (χ4v) is 3.64. The third-order valence-corrected chi connectivity index (χ3v) is 6.14. The first kappa shape index (κ1) is 21.0. The van der Waals surface area contributed by atoms with Crippen LogP contribution in [0.25, 0.3) is 0 Å². The molecule has 4 unspecified atom stereocenters. The number of rotatable bonds is 12. The second kappa shape index (κ2) is 7.18. The highest BCUT2D eigenvalue weighted by molar-refractivity contribution is 5.79. The zero-order valence-electron chi connectivity index (χ0n) is 18.1. The topological polar surface area (TPSA) is 90.7 Å². The summed E-state index contributed by atoms with van der Waals surface area (Å²) in [7, 11) is 0. The van der Waals surface area contributed by atoms with Crippen LogP contribution in [0.5, 0.6) is 0 Å². The van der Waals surface area contributed by atoms with E-state index in [2.05, 4.69) is 0 Å². The summed E-state index contributed by atoms with van der Waals surface area (Å²) in [4.78, 5) is 29.4. The van der Waals surface area contributed by atoms with E-state index in [1.165, 1.54) is 0 Å². The first-order valence-electron chi connectivity index (χ1n) is 10.6. The molecule has 4 aliphatic heterocycles. The van der Waals surface area contributed by atoms with E-state index in [0.29, 0.717) is 71.9 Å². The van der Waals surface area contributed by atoms with E-state index < -0.39 is 0 Å². The molecule has 8 nitrogen and oxygen atoms in total. The second-order valence-corrected chi connectivity index (χ2v) is 10.3. The summed E-state index contributed by atoms with van der Waals surface area (Å²) < 4.78 is 21.9. The van der Waals surface area contributed by atoms with E-state index >= 15 is 0 Å². The Morgan fingerprint density at radius 1 is 0.621 bits per heavy atom. The van der Waals surface area contributed by atoms with Crippen molar-refractivity contribution in [3.05, 3.63) is 0 Å². The minimum Gasteiger partial charge on any atom is -0.368 e. The number of carbonyl (C=O) groups is 2. The Hall–Kier alpha value is -1.22. The van der Waals surface area contributed by atoms with E-state index in [-0.39, 0.29) is 34.2 Å². The van der Waals surface area contributed by atoms with Crippen molar-refractivity contribution in [1.82, 2.24) is 9.80 Å². The van der Waals surface area contributed by atoms with Crippen LogP contribution in [0.2, 0.25) is 0 Å². The highest BCUT2D eigenvalue weighted by Gasteiger charge is 2.48. The monoisotopic (exact) mass is 410 g/mol. The van der Waals surface area contributed by atoms with Gasteiger partial charge in [-0.15, -0.1) is 0 Å². The molecule has 4 aliphatic rings. The molecule has 29 heavy (non-hydrogen) atoms. The van der Waals surface area contributed by atoms with Crippen LogP contribution < -0.4 is 0 Å². The Labute approximate surface area is 172 Å². The van der Waals surface area contributed by atoms with Gasteiger partial charge in [-0.25, -0.2) is 0 Å². The lowest BCUT2D eigenvalue weighted by Crippen LogP contribution is -2.44. The largest absolute Gasteiger partial charge is 0.368 e. The van der Waals surface area contributed by atoms with Crippen molar-refractivity contribution in [3.63, 3.8) is 0 Å². The van der Waals surface area contributed by atoms with Gasteiger partial charge in [-0.05, 0) is 34.1 Å². The number of carbonyl (C=O) groups excluding carboxylic acids is 2. The summed E-state index contributed by atoms with van der Waals surface area (Å²) in [5, 5.41) is 0. The van der Waals surface area contributed by atoms with Crippen LogP contribution in [0.15, 0.2) is 0 Å². The molecule has 0 aromatic heterocycles. The number of epoxide rings is 4. The number of nitrogens with zero attached hydrogens (tertiary/aromatic N) is 2. The van der Waals surface area contributed by atoms with Crippen LogP contribution in [-0.2, 0) is 28.5 Å². The summed E-state index contributed by atoms with van der Waals surface area (Å²) in [5.74, 6) is 0.126. The minimum absolute atomic E-state index is 0.0628. The van der Waals surface area contributed by atoms with Gasteiger partial charge in [0, 0.05) is 12.8 Å². The predicted molar refractivity (Wildman–Crippen MR) is 104 cm³/mol. The molecule has 0 bridgehead atoms. The third-order valence-electron chi connectivity index (χ3n) is 6.14. The zero-order chi connectivity index (χ0) is 20.9. The van der Waals surface area contributed by atoms with E-state index in [9.17, 15) is 9.59 Å². The van der Waals surface area contributed by atoms with Crippen molar-refractivity contribution in [3.8, 4) is 0 Å². The second-order valence-electron chi connectivity index (χ2n) is 10.3. The van der Waals surface area contributed by atoms with Gasteiger partial charge in [0.05, 0.1) is 52.6 Å². The number of hydrogen-bond donors (Lipinski definition) is 0. The van der Waals surface area contributed by atoms with Gasteiger partial charge in [0.1, 0.15) is 22.4 Å². The first-order valence-corrected chi connectivity index (χ1v) is 10.6. The van der Waals surface area contributed by atoms with Gasteiger partial charge in [-0.1, -0.05) is 0 Å². The average Bonchev–Trinajstić information content (AvgIpc) is 3.45. The van der Waals surface area contributed by atoms with Crippen LogP contribution >= 0.6 is 0 Å². The van der Waals surface area contributed by atoms with Crippen molar-refractivity contribution in [2.45, 2.75) is 69.4 Å². The van der Waals surface area contributed by atoms with Crippen molar-refractivity contribution in [1.29, 1.82) is 0 Å². The Bertz CT molecular complexity index is 568. The van der Waals surface area contributed by atoms with Crippen molar-refractivity contribution in [2.75, 3.05) is 52.6 Å². The lowest BCUT2D eigenvalue weighted by atomic mass is 10.1. The molecule has 4 atom stereocenters. The quantitative estimate of drug-likeness (QED) is 0.445. The van der Waals surface area contributed by atoms with Gasteiger partial charge in [-0.2, -0.15) is 0 Å². The summed E-state index contributed by atoms with van der Waals surface area (Å²) in [6.45, 7) is 13.1. The van der Waals surface area contributed by atoms with Gasteiger partial charge >= 0.3 is 0 Å². The predicted octanol–water partition coefficient (Wildman–Crippen LogP) is 0.970. The molecule has 2 amide bonds. The van der Waals surface area contributed by atoms with Gasteiger partial charge in [-0.3, -0.25) is 9.59 Å². The van der Waals surface area contributed by atoms with E-state index in [1.54, 1.807) is 0 Å². The number of hydrogen-bond acceptors (Lipinski definition) is 6. The smallest absolute Gasteiger partial charge is 0.222 e. The molecule has 0 aromatic rings. The Morgan fingerprint density at radius 3 is 1.07 bits per heavy atom. The van der Waals surface area contributed by atoms with Crippen LogP contribution in [0.1, 0.15) is 47.0 Å². The lowest BCUT2D eigenvalue weighted by molar-refractivity contribution is -0.134. The molecule has 4 heterocycles. The molecule has 4 saturated heterocycles. The number of amides is 2. The van der Waals surface area contributed by atoms with Crippen molar-refractivity contribution < 1.29 is 28.5 Å². The van der Waals surface area contributed by atoms with Crippen LogP contribution in [0.4, 0.5) is 0 Å². The molecule has 4 rings (SSSR count). The third kappa shape index (κ3) is 5.90. The summed E-state index contributed by atoms with van der Waals surface area (Å²) in [5.41, 5.74) is -0.917.